The van der Waals surface area contributed by atoms with E-state index >= 15 is 0 Å². The van der Waals surface area contributed by atoms with E-state index in [4.69, 9.17) is 0 Å². The van der Waals surface area contributed by atoms with Gasteiger partial charge < -0.3 is 0 Å². The van der Waals surface area contributed by atoms with Crippen molar-refractivity contribution in [2.45, 2.75) is 0 Å². The largest absolute Gasteiger partial charge is 0 e. The van der Waals surface area contributed by atoms with Gasteiger partial charge in [-0.1, -0.05) is 0 Å². The summed E-state index contributed by atoms with van der Waals surface area (Å²) in [5, 5.41) is 0. The fourth-order valence-electron chi connectivity index (χ4n) is 0. The first kappa shape index (κ1) is 29.4. The second-order valence-corrected chi connectivity index (χ2v) is 0. The van der Waals surface area contributed by atoms with Crippen molar-refractivity contribution >= 4 is 26.2 Å². The molecule has 0 heterocycles. The Morgan fingerprint density at radius 2 is 1.00 bits per heavy atom. The summed E-state index contributed by atoms with van der Waals surface area (Å²) in [5.41, 5.74) is 0. The van der Waals surface area contributed by atoms with E-state index in [0.29, 0.717) is 0 Å². The molecule has 0 spiro atoms. The van der Waals surface area contributed by atoms with Gasteiger partial charge in [0.2, 0.25) is 0 Å². The smallest absolute Gasteiger partial charge is 0 e. The Kier molecular flexibility index (Phi) is 126. The molecule has 0 aliphatic rings. The molecule has 32 valence electrons. The van der Waals surface area contributed by atoms with Crippen molar-refractivity contribution in [2.24, 2.45) is 0 Å². The molecule has 0 saturated carbocycles. The Morgan fingerprint density at radius 3 is 1.00 bits per heavy atom. The Labute approximate surface area is 83.7 Å². The van der Waals surface area contributed by atoms with Gasteiger partial charge in [-0.25, -0.2) is 0 Å². The third kappa shape index (κ3) is 8.84. The zero-order chi connectivity index (χ0) is 0. The van der Waals surface area contributed by atoms with E-state index in [-0.39, 0.29) is 85.1 Å². The molecule has 0 atom stereocenters. The summed E-state index contributed by atoms with van der Waals surface area (Å²) in [6, 6.07) is 0. The predicted octanol–water partition coefficient (Wildman–Crippen LogP) is -1.19. The molecule has 0 aromatic heterocycles. The third-order valence-electron chi connectivity index (χ3n) is 0. The molecule has 4 heteroatoms. The maximum atomic E-state index is 0. The first-order valence-electron chi connectivity index (χ1n) is 0. The van der Waals surface area contributed by atoms with Crippen LogP contribution in [-0.2, 0) is 58.9 Å². The average Bonchev–Trinajstić information content (AvgIpc) is 0. The number of rotatable bonds is 0. The van der Waals surface area contributed by atoms with Gasteiger partial charge in [0.15, 0.2) is 0 Å². The van der Waals surface area contributed by atoms with Gasteiger partial charge in [-0.05, 0) is 0 Å². The minimum absolute atomic E-state index is 0. The van der Waals surface area contributed by atoms with E-state index in [1.165, 1.54) is 0 Å². The summed E-state index contributed by atoms with van der Waals surface area (Å²) < 4.78 is 0. The van der Waals surface area contributed by atoms with Crippen LogP contribution in [0.25, 0.3) is 0 Å². The van der Waals surface area contributed by atoms with Gasteiger partial charge in [0.05, 0.1) is 0 Å². The molecule has 0 amide bonds. The van der Waals surface area contributed by atoms with Crippen LogP contribution in [-0.4, -0.2) is 26.2 Å². The van der Waals surface area contributed by atoms with Crippen molar-refractivity contribution < 1.29 is 58.9 Å². The summed E-state index contributed by atoms with van der Waals surface area (Å²) in [4.78, 5) is 0. The standard InChI is InChI=1S/Ag.Bi.Cu.Zn.3H. The normalized spacial score (nSPS) is 0. The summed E-state index contributed by atoms with van der Waals surface area (Å²) in [6.07, 6.45) is 0. The molecule has 0 saturated heterocycles. The van der Waals surface area contributed by atoms with Crippen molar-refractivity contribution in [3.8, 4) is 0 Å². The van der Waals surface area contributed by atoms with Gasteiger partial charge in [-0.2, -0.15) is 0 Å². The van der Waals surface area contributed by atoms with Crippen LogP contribution in [0, 0.1) is 0 Å². The zero-order valence-electron chi connectivity index (χ0n) is 2.02. The molecule has 2 radical (unpaired) electrons. The summed E-state index contributed by atoms with van der Waals surface area (Å²) in [5.74, 6) is 0. The summed E-state index contributed by atoms with van der Waals surface area (Å²) >= 11 is 0. The molecular formula is H3AgBiCuZn. The van der Waals surface area contributed by atoms with Gasteiger partial charge in [0.1, 0.15) is 0 Å². The molecule has 0 aromatic rings. The van der Waals surface area contributed by atoms with Gasteiger partial charge in [0.25, 0.3) is 0 Å². The van der Waals surface area contributed by atoms with Crippen molar-refractivity contribution in [3.63, 3.8) is 0 Å². The van der Waals surface area contributed by atoms with E-state index in [0.717, 1.165) is 0 Å². The third-order valence-corrected chi connectivity index (χ3v) is 0. The average molecular weight is 449 g/mol. The Hall–Kier alpha value is 2.77. The minimum Gasteiger partial charge on any atom is 0 e. The van der Waals surface area contributed by atoms with Crippen LogP contribution in [0.4, 0.5) is 0 Å². The van der Waals surface area contributed by atoms with Gasteiger partial charge in [0, 0.05) is 58.9 Å². The fraction of sp³-hybridized carbons (Fsp3) is 0. The second kappa shape index (κ2) is 17.1. The fourth-order valence-corrected chi connectivity index (χ4v) is 0. The molecular weight excluding hydrogens is 446 g/mol. The molecule has 4 heavy (non-hydrogen) atoms. The first-order chi connectivity index (χ1) is 0. The van der Waals surface area contributed by atoms with Crippen LogP contribution >= 0.6 is 0 Å². The van der Waals surface area contributed by atoms with E-state index in [1.807, 2.05) is 0 Å². The Bertz CT molecular complexity index is 8.00. The van der Waals surface area contributed by atoms with E-state index in [9.17, 15) is 0 Å². The first-order valence-corrected chi connectivity index (χ1v) is 0. The van der Waals surface area contributed by atoms with Gasteiger partial charge >= 0.3 is 26.2 Å². The molecule has 0 bridgehead atoms. The summed E-state index contributed by atoms with van der Waals surface area (Å²) in [6.45, 7) is 0. The van der Waals surface area contributed by atoms with Gasteiger partial charge in [-0.15, -0.1) is 0 Å². The minimum atomic E-state index is 0. The molecule has 0 rings (SSSR count). The Morgan fingerprint density at radius 1 is 1.00 bits per heavy atom. The van der Waals surface area contributed by atoms with E-state index in [2.05, 4.69) is 0 Å². The van der Waals surface area contributed by atoms with Crippen molar-refractivity contribution in [1.82, 2.24) is 0 Å². The van der Waals surface area contributed by atoms with Crippen LogP contribution < -0.4 is 0 Å². The molecule has 0 N–H and O–H groups in total. The maximum Gasteiger partial charge on any atom is 0 e. The van der Waals surface area contributed by atoms with Gasteiger partial charge in [-0.3, -0.25) is 0 Å². The van der Waals surface area contributed by atoms with Crippen LogP contribution in [0.15, 0.2) is 0 Å². The monoisotopic (exact) mass is 446 g/mol. The van der Waals surface area contributed by atoms with E-state index < -0.39 is 0 Å². The Balaban J connectivity index is 0. The van der Waals surface area contributed by atoms with Crippen molar-refractivity contribution in [3.05, 3.63) is 0 Å². The van der Waals surface area contributed by atoms with Crippen LogP contribution in [0.2, 0.25) is 0 Å². The summed E-state index contributed by atoms with van der Waals surface area (Å²) in [7, 11) is 0. The van der Waals surface area contributed by atoms with E-state index in [1.54, 1.807) is 0 Å². The topological polar surface area (TPSA) is 0 Å². The van der Waals surface area contributed by atoms with Crippen LogP contribution in [0.1, 0.15) is 0 Å². The van der Waals surface area contributed by atoms with Crippen molar-refractivity contribution in [2.75, 3.05) is 0 Å². The van der Waals surface area contributed by atoms with Crippen LogP contribution in [0.3, 0.4) is 0 Å². The van der Waals surface area contributed by atoms with Crippen molar-refractivity contribution in [1.29, 1.82) is 0 Å². The van der Waals surface area contributed by atoms with Crippen LogP contribution in [0.5, 0.6) is 0 Å². The maximum absolute atomic E-state index is 0. The second-order valence-electron chi connectivity index (χ2n) is 0. The SMILES string of the molecule is [Ag].[BiH3].[Cu].[Zn]. The molecule has 0 aromatic carbocycles. The molecule has 0 fully saturated rings. The number of hydrogen-bond acceptors (Lipinski definition) is 0. The molecule has 0 nitrogen and oxygen atoms in total. The molecule has 0 unspecified atom stereocenters. The quantitative estimate of drug-likeness (QED) is 0.409. The zero-order valence-corrected chi connectivity index (χ0v) is 12.9. The predicted molar refractivity (Wildman–Crippen MR) is 9.94 cm³/mol. The number of hydrogen-bond donors (Lipinski definition) is 0. The molecule has 0 aliphatic carbocycles. The molecule has 0 aliphatic heterocycles.